The second kappa shape index (κ2) is 9.35. The van der Waals surface area contributed by atoms with Crippen molar-refractivity contribution in [2.75, 3.05) is 24.1 Å². The van der Waals surface area contributed by atoms with Gasteiger partial charge in [-0.25, -0.2) is 7.50 Å². The fourth-order valence-corrected chi connectivity index (χ4v) is 5.37. The molecule has 0 unspecified atom stereocenters. The molecule has 1 aliphatic rings. The molecule has 3 N–H and O–H groups in total. The molecule has 0 saturated carbocycles. The third kappa shape index (κ3) is 4.34. The SMILES string of the molecule is CC(=O)N1CCC(Nc2c(N)cnc3ccc(-c4cn(SOI)c5ncccc45)cc23)CC1. The number of carbonyl (C=O) groups is 1. The molecule has 1 amide bonds. The fraction of sp³-hybridized carbons (Fsp3) is 0.261. The molecule has 33 heavy (non-hydrogen) atoms. The van der Waals surface area contributed by atoms with Crippen molar-refractivity contribution in [1.29, 1.82) is 0 Å². The molecular formula is C23H23IN6O2S. The monoisotopic (exact) mass is 574 g/mol. The quantitative estimate of drug-likeness (QED) is 0.255. The van der Waals surface area contributed by atoms with E-state index in [0.29, 0.717) is 5.69 Å². The Kier molecular flexibility index (Phi) is 6.30. The highest BCUT2D eigenvalue weighted by molar-refractivity contribution is 14.1. The number of amides is 1. The predicted octanol–water partition coefficient (Wildman–Crippen LogP) is 5.03. The average Bonchev–Trinajstić information content (AvgIpc) is 3.20. The van der Waals surface area contributed by atoms with Gasteiger partial charge in [0.25, 0.3) is 0 Å². The van der Waals surface area contributed by atoms with E-state index in [9.17, 15) is 4.79 Å². The maximum Gasteiger partial charge on any atom is 0.219 e. The Hall–Kier alpha value is -2.57. The Morgan fingerprint density at radius 2 is 2.06 bits per heavy atom. The summed E-state index contributed by atoms with van der Waals surface area (Å²) >= 11 is 3.08. The number of carbonyl (C=O) groups excluding carboxylic acids is 1. The first kappa shape index (κ1) is 22.2. The number of likely N-dealkylation sites (tertiary alicyclic amines) is 1. The van der Waals surface area contributed by atoms with Crippen molar-refractivity contribution in [2.24, 2.45) is 0 Å². The number of rotatable bonds is 5. The maximum atomic E-state index is 11.7. The normalized spacial score (nSPS) is 14.8. The minimum absolute atomic E-state index is 0.131. The standard InChI is InChI=1S/C23H23IN6O2S/c1-14(31)29-9-6-16(7-10-29)28-22-18-11-15(4-5-21(18)27-12-20(22)25)19-13-30(33-32-24)23-17(19)3-2-8-26-23/h2-5,8,11-13,16H,6-7,9-10,25H2,1H3,(H,27,28). The van der Waals surface area contributed by atoms with Gasteiger partial charge in [-0.15, -0.1) is 0 Å². The lowest BCUT2D eigenvalue weighted by molar-refractivity contribution is -0.129. The third-order valence-corrected chi connectivity index (χ3v) is 7.12. The van der Waals surface area contributed by atoms with Crippen molar-refractivity contribution in [3.05, 3.63) is 48.9 Å². The highest BCUT2D eigenvalue weighted by Crippen LogP contribution is 2.37. The van der Waals surface area contributed by atoms with Gasteiger partial charge in [0.2, 0.25) is 5.91 Å². The summed E-state index contributed by atoms with van der Waals surface area (Å²) in [6, 6.07) is 10.5. The lowest BCUT2D eigenvalue weighted by atomic mass is 10.0. The van der Waals surface area contributed by atoms with Crippen LogP contribution in [0.5, 0.6) is 0 Å². The zero-order valence-electron chi connectivity index (χ0n) is 18.0. The summed E-state index contributed by atoms with van der Waals surface area (Å²) < 4.78 is 7.16. The lowest BCUT2D eigenvalue weighted by Crippen LogP contribution is -2.41. The number of hydrogen-bond acceptors (Lipinski definition) is 7. The van der Waals surface area contributed by atoms with Gasteiger partial charge in [0.15, 0.2) is 5.65 Å². The molecule has 4 heterocycles. The number of nitrogens with two attached hydrogens (primary N) is 1. The largest absolute Gasteiger partial charge is 0.396 e. The summed E-state index contributed by atoms with van der Waals surface area (Å²) in [5.74, 6) is 0.131. The number of piperidine rings is 1. The van der Waals surface area contributed by atoms with Crippen LogP contribution in [-0.2, 0) is 7.31 Å². The van der Waals surface area contributed by atoms with Gasteiger partial charge in [-0.1, -0.05) is 6.07 Å². The summed E-state index contributed by atoms with van der Waals surface area (Å²) in [5, 5.41) is 5.67. The molecule has 1 aliphatic heterocycles. The van der Waals surface area contributed by atoms with E-state index in [-0.39, 0.29) is 11.9 Å². The number of halogens is 1. The molecule has 1 fully saturated rings. The van der Waals surface area contributed by atoms with E-state index in [2.05, 4.69) is 33.5 Å². The number of nitrogens with zero attached hydrogens (tertiary/aromatic N) is 4. The predicted molar refractivity (Wildman–Crippen MR) is 142 cm³/mol. The molecule has 0 bridgehead atoms. The molecule has 1 aromatic carbocycles. The molecule has 5 rings (SSSR count). The van der Waals surface area contributed by atoms with Crippen LogP contribution in [0.4, 0.5) is 11.4 Å². The molecule has 0 radical (unpaired) electrons. The molecule has 10 heteroatoms. The van der Waals surface area contributed by atoms with Gasteiger partial charge in [0.1, 0.15) is 35.2 Å². The number of anilines is 2. The van der Waals surface area contributed by atoms with Crippen LogP contribution in [0.25, 0.3) is 33.1 Å². The van der Waals surface area contributed by atoms with E-state index in [1.165, 1.54) is 12.2 Å². The van der Waals surface area contributed by atoms with Crippen LogP contribution >= 0.6 is 35.2 Å². The molecule has 0 atom stereocenters. The molecule has 1 saturated heterocycles. The van der Waals surface area contributed by atoms with Crippen LogP contribution in [0.1, 0.15) is 19.8 Å². The Balaban J connectivity index is 1.54. The highest BCUT2D eigenvalue weighted by Gasteiger charge is 2.22. The number of nitrogens with one attached hydrogen (secondary N) is 1. The second-order valence-corrected chi connectivity index (χ2v) is 9.87. The van der Waals surface area contributed by atoms with E-state index >= 15 is 0 Å². The van der Waals surface area contributed by atoms with Crippen molar-refractivity contribution in [3.8, 4) is 11.1 Å². The Labute approximate surface area is 209 Å². The van der Waals surface area contributed by atoms with Crippen molar-refractivity contribution in [1.82, 2.24) is 18.8 Å². The van der Waals surface area contributed by atoms with E-state index < -0.39 is 0 Å². The maximum absolute atomic E-state index is 11.7. The smallest absolute Gasteiger partial charge is 0.219 e. The molecule has 0 spiro atoms. The van der Waals surface area contributed by atoms with Gasteiger partial charge in [0, 0.05) is 54.8 Å². The van der Waals surface area contributed by atoms with Gasteiger partial charge in [-0.3, -0.25) is 13.8 Å². The topological polar surface area (TPSA) is 98.3 Å². The molecule has 4 aromatic rings. The number of pyridine rings is 2. The van der Waals surface area contributed by atoms with Crippen LogP contribution in [0.15, 0.2) is 48.9 Å². The van der Waals surface area contributed by atoms with Crippen LogP contribution in [0, 0.1) is 0 Å². The first-order valence-electron chi connectivity index (χ1n) is 10.7. The number of hydrogen-bond donors (Lipinski definition) is 2. The first-order chi connectivity index (χ1) is 16.0. The minimum Gasteiger partial charge on any atom is -0.396 e. The number of fused-ring (bicyclic) bond motifs is 2. The van der Waals surface area contributed by atoms with E-state index in [1.807, 2.05) is 50.2 Å². The van der Waals surface area contributed by atoms with E-state index in [4.69, 9.17) is 8.25 Å². The second-order valence-electron chi connectivity index (χ2n) is 8.13. The molecule has 0 aliphatic carbocycles. The van der Waals surface area contributed by atoms with Gasteiger partial charge in [-0.05, 0) is 42.7 Å². The van der Waals surface area contributed by atoms with Crippen LogP contribution in [0.3, 0.4) is 0 Å². The third-order valence-electron chi connectivity index (χ3n) is 6.14. The molecule has 3 aromatic heterocycles. The molecule has 8 nitrogen and oxygen atoms in total. The van der Waals surface area contributed by atoms with Crippen molar-refractivity contribution >= 4 is 74.5 Å². The Morgan fingerprint density at radius 3 is 2.82 bits per heavy atom. The van der Waals surface area contributed by atoms with Gasteiger partial charge < -0.3 is 16.0 Å². The van der Waals surface area contributed by atoms with Crippen LogP contribution in [0.2, 0.25) is 0 Å². The van der Waals surface area contributed by atoms with Crippen molar-refractivity contribution in [2.45, 2.75) is 25.8 Å². The fourth-order valence-electron chi connectivity index (χ4n) is 4.43. The Morgan fingerprint density at radius 1 is 1.24 bits per heavy atom. The zero-order chi connectivity index (χ0) is 22.9. The average molecular weight is 574 g/mol. The van der Waals surface area contributed by atoms with Crippen molar-refractivity contribution in [3.63, 3.8) is 0 Å². The number of nitrogen functional groups attached to an aromatic ring is 1. The first-order valence-corrected chi connectivity index (χ1v) is 12.3. The number of aromatic nitrogens is 3. The van der Waals surface area contributed by atoms with Gasteiger partial charge in [0.05, 0.1) is 23.1 Å². The summed E-state index contributed by atoms with van der Waals surface area (Å²) in [4.78, 5) is 22.6. The summed E-state index contributed by atoms with van der Waals surface area (Å²) in [6.45, 7) is 3.13. The van der Waals surface area contributed by atoms with Gasteiger partial charge in [-0.2, -0.15) is 0 Å². The Bertz CT molecular complexity index is 1340. The van der Waals surface area contributed by atoms with E-state index in [1.54, 1.807) is 19.3 Å². The van der Waals surface area contributed by atoms with Crippen LogP contribution in [-0.4, -0.2) is 43.9 Å². The summed E-state index contributed by atoms with van der Waals surface area (Å²) in [5.41, 5.74) is 11.7. The van der Waals surface area contributed by atoms with E-state index in [0.717, 1.165) is 64.7 Å². The molecule has 170 valence electrons. The highest BCUT2D eigenvalue weighted by atomic mass is 127. The minimum atomic E-state index is 0.131. The molecular weight excluding hydrogens is 551 g/mol. The van der Waals surface area contributed by atoms with Gasteiger partial charge >= 0.3 is 0 Å². The lowest BCUT2D eigenvalue weighted by Gasteiger charge is -2.32. The van der Waals surface area contributed by atoms with Crippen LogP contribution < -0.4 is 11.1 Å². The summed E-state index contributed by atoms with van der Waals surface area (Å²) in [7, 11) is 0. The zero-order valence-corrected chi connectivity index (χ0v) is 21.0. The summed E-state index contributed by atoms with van der Waals surface area (Å²) in [6.07, 6.45) is 7.29. The van der Waals surface area contributed by atoms with Crippen molar-refractivity contribution < 1.29 is 7.31 Å². The number of benzene rings is 1.